The third-order valence-electron chi connectivity index (χ3n) is 1.83. The normalized spacial score (nSPS) is 9.47. The molecule has 0 aromatic heterocycles. The van der Waals surface area contributed by atoms with Gasteiger partial charge in [0, 0.05) is 6.07 Å². The molecule has 0 saturated heterocycles. The summed E-state index contributed by atoms with van der Waals surface area (Å²) in [4.78, 5) is 11.4. The molecule has 0 bridgehead atoms. The molecule has 0 aliphatic rings. The zero-order valence-electron chi connectivity index (χ0n) is 7.88. The van der Waals surface area contributed by atoms with Crippen LogP contribution in [0.4, 0.5) is 4.39 Å². The summed E-state index contributed by atoms with van der Waals surface area (Å²) < 4.78 is 18.0. The fraction of sp³-hybridized carbons (Fsp3) is 0.200. The maximum absolute atomic E-state index is 13.2. The standard InChI is InChI=1S/C10H7BrFNO2/c1-15-10-3-8(12)6(5-13)2-7(10)9(14)4-11/h2-3H,4H2,1H3. The Morgan fingerprint density at radius 1 is 1.67 bits per heavy atom. The smallest absolute Gasteiger partial charge is 0.177 e. The highest BCUT2D eigenvalue weighted by Crippen LogP contribution is 2.23. The van der Waals surface area contributed by atoms with Gasteiger partial charge in [0.25, 0.3) is 0 Å². The minimum absolute atomic E-state index is 0.0971. The first kappa shape index (κ1) is 11.7. The van der Waals surface area contributed by atoms with E-state index in [1.54, 1.807) is 6.07 Å². The van der Waals surface area contributed by atoms with E-state index in [-0.39, 0.29) is 28.0 Å². The Hall–Kier alpha value is -1.41. The van der Waals surface area contributed by atoms with Crippen LogP contribution < -0.4 is 4.74 Å². The predicted molar refractivity (Wildman–Crippen MR) is 55.8 cm³/mol. The molecule has 78 valence electrons. The van der Waals surface area contributed by atoms with Crippen molar-refractivity contribution in [3.63, 3.8) is 0 Å². The summed E-state index contributed by atoms with van der Waals surface area (Å²) in [5.74, 6) is -0.820. The number of carbonyl (C=O) groups excluding carboxylic acids is 1. The van der Waals surface area contributed by atoms with Gasteiger partial charge in [0.15, 0.2) is 5.78 Å². The quantitative estimate of drug-likeness (QED) is 0.626. The van der Waals surface area contributed by atoms with Crippen LogP contribution in [0.1, 0.15) is 15.9 Å². The first-order chi connectivity index (χ1) is 7.13. The van der Waals surface area contributed by atoms with Crippen molar-refractivity contribution in [2.24, 2.45) is 0 Å². The molecule has 0 saturated carbocycles. The predicted octanol–water partition coefficient (Wildman–Crippen LogP) is 2.28. The zero-order valence-corrected chi connectivity index (χ0v) is 9.47. The first-order valence-corrected chi connectivity index (χ1v) is 5.13. The highest BCUT2D eigenvalue weighted by Gasteiger charge is 2.15. The van der Waals surface area contributed by atoms with Gasteiger partial charge in [-0.15, -0.1) is 0 Å². The second-order valence-electron chi connectivity index (χ2n) is 2.70. The lowest BCUT2D eigenvalue weighted by Gasteiger charge is -2.07. The minimum Gasteiger partial charge on any atom is -0.496 e. The summed E-state index contributed by atoms with van der Waals surface area (Å²) in [5.41, 5.74) is 0.0347. The molecule has 3 nitrogen and oxygen atoms in total. The largest absolute Gasteiger partial charge is 0.496 e. The number of rotatable bonds is 3. The summed E-state index contributed by atoms with van der Waals surface area (Å²) in [6, 6.07) is 3.90. The Morgan fingerprint density at radius 2 is 2.33 bits per heavy atom. The van der Waals surface area contributed by atoms with Crippen LogP contribution in [0.2, 0.25) is 0 Å². The zero-order chi connectivity index (χ0) is 11.4. The van der Waals surface area contributed by atoms with E-state index in [0.717, 1.165) is 6.07 Å². The number of carbonyl (C=O) groups is 1. The average Bonchev–Trinajstić information content (AvgIpc) is 2.27. The highest BCUT2D eigenvalue weighted by atomic mass is 79.9. The minimum atomic E-state index is -0.694. The molecule has 0 radical (unpaired) electrons. The summed E-state index contributed by atoms with van der Waals surface area (Å²) in [6.45, 7) is 0. The van der Waals surface area contributed by atoms with Gasteiger partial charge in [0.05, 0.1) is 23.6 Å². The SMILES string of the molecule is COc1cc(F)c(C#N)cc1C(=O)CBr. The molecule has 0 fully saturated rings. The van der Waals surface area contributed by atoms with E-state index < -0.39 is 5.82 Å². The number of ether oxygens (including phenoxy) is 1. The van der Waals surface area contributed by atoms with Gasteiger partial charge in [0.1, 0.15) is 17.6 Å². The van der Waals surface area contributed by atoms with Crippen LogP contribution in [-0.2, 0) is 0 Å². The van der Waals surface area contributed by atoms with Crippen LogP contribution in [0.5, 0.6) is 5.75 Å². The van der Waals surface area contributed by atoms with Gasteiger partial charge in [-0.25, -0.2) is 4.39 Å². The van der Waals surface area contributed by atoms with Crippen LogP contribution in [0.15, 0.2) is 12.1 Å². The topological polar surface area (TPSA) is 50.1 Å². The maximum Gasteiger partial charge on any atom is 0.177 e. The molecule has 1 rings (SSSR count). The van der Waals surface area contributed by atoms with Gasteiger partial charge >= 0.3 is 0 Å². The van der Waals surface area contributed by atoms with Gasteiger partial charge in [-0.3, -0.25) is 4.79 Å². The van der Waals surface area contributed by atoms with E-state index in [1.165, 1.54) is 13.2 Å². The molecule has 0 N–H and O–H groups in total. The van der Waals surface area contributed by atoms with E-state index in [4.69, 9.17) is 10.00 Å². The van der Waals surface area contributed by atoms with Gasteiger partial charge < -0.3 is 4.74 Å². The summed E-state index contributed by atoms with van der Waals surface area (Å²) >= 11 is 3.00. The summed E-state index contributed by atoms with van der Waals surface area (Å²) in [7, 11) is 1.34. The molecule has 0 spiro atoms. The molecular formula is C10H7BrFNO2. The first-order valence-electron chi connectivity index (χ1n) is 4.00. The number of halogens is 2. The van der Waals surface area contributed by atoms with E-state index >= 15 is 0 Å². The van der Waals surface area contributed by atoms with Gasteiger partial charge in [-0.2, -0.15) is 5.26 Å². The van der Waals surface area contributed by atoms with Crippen LogP contribution >= 0.6 is 15.9 Å². The molecule has 15 heavy (non-hydrogen) atoms. The lowest BCUT2D eigenvalue weighted by Crippen LogP contribution is -2.04. The fourth-order valence-electron chi connectivity index (χ4n) is 1.10. The van der Waals surface area contributed by atoms with Gasteiger partial charge in [-0.1, -0.05) is 15.9 Å². The number of alkyl halides is 1. The van der Waals surface area contributed by atoms with Crippen molar-refractivity contribution in [3.05, 3.63) is 29.1 Å². The lowest BCUT2D eigenvalue weighted by atomic mass is 10.1. The molecule has 1 aromatic rings. The van der Waals surface area contributed by atoms with Crippen LogP contribution in [0.25, 0.3) is 0 Å². The summed E-state index contributed by atoms with van der Waals surface area (Å²) in [6.07, 6.45) is 0. The Morgan fingerprint density at radius 3 is 2.80 bits per heavy atom. The van der Waals surface area contributed by atoms with Gasteiger partial charge in [-0.05, 0) is 6.07 Å². The fourth-order valence-corrected chi connectivity index (χ4v) is 1.40. The van der Waals surface area contributed by atoms with Crippen molar-refractivity contribution >= 4 is 21.7 Å². The number of benzene rings is 1. The number of hydrogen-bond acceptors (Lipinski definition) is 3. The number of ketones is 1. The molecule has 0 atom stereocenters. The number of Topliss-reactive ketones (excluding diaryl/α,β-unsaturated/α-hetero) is 1. The van der Waals surface area contributed by atoms with E-state index in [2.05, 4.69) is 15.9 Å². The molecule has 1 aromatic carbocycles. The lowest BCUT2D eigenvalue weighted by molar-refractivity contribution is 0.102. The Balaban J connectivity index is 3.36. The highest BCUT2D eigenvalue weighted by molar-refractivity contribution is 9.09. The van der Waals surface area contributed by atoms with E-state index in [0.29, 0.717) is 0 Å². The monoisotopic (exact) mass is 271 g/mol. The third kappa shape index (κ3) is 2.34. The van der Waals surface area contributed by atoms with Gasteiger partial charge in [0.2, 0.25) is 0 Å². The van der Waals surface area contributed by atoms with Crippen LogP contribution in [0, 0.1) is 17.1 Å². The van der Waals surface area contributed by atoms with Crippen molar-refractivity contribution in [3.8, 4) is 11.8 Å². The number of methoxy groups -OCH3 is 1. The van der Waals surface area contributed by atoms with E-state index in [1.807, 2.05) is 0 Å². The van der Waals surface area contributed by atoms with Crippen LogP contribution in [0.3, 0.4) is 0 Å². The second kappa shape index (κ2) is 4.89. The van der Waals surface area contributed by atoms with E-state index in [9.17, 15) is 9.18 Å². The third-order valence-corrected chi connectivity index (χ3v) is 2.34. The van der Waals surface area contributed by atoms with Crippen molar-refractivity contribution in [1.29, 1.82) is 5.26 Å². The molecule has 0 amide bonds. The summed E-state index contributed by atoms with van der Waals surface area (Å²) in [5, 5.41) is 8.70. The molecule has 0 heterocycles. The van der Waals surface area contributed by atoms with Crippen molar-refractivity contribution in [1.82, 2.24) is 0 Å². The molecule has 0 aliphatic heterocycles. The maximum atomic E-state index is 13.2. The van der Waals surface area contributed by atoms with Crippen molar-refractivity contribution in [2.45, 2.75) is 0 Å². The number of nitrogens with zero attached hydrogens (tertiary/aromatic N) is 1. The Bertz CT molecular complexity index is 440. The molecule has 0 unspecified atom stereocenters. The molecule has 0 aliphatic carbocycles. The van der Waals surface area contributed by atoms with Crippen molar-refractivity contribution in [2.75, 3.05) is 12.4 Å². The second-order valence-corrected chi connectivity index (χ2v) is 3.26. The Labute approximate surface area is 94.6 Å². The van der Waals surface area contributed by atoms with Crippen LogP contribution in [-0.4, -0.2) is 18.2 Å². The average molecular weight is 272 g/mol. The Kier molecular flexibility index (Phi) is 3.81. The number of nitriles is 1. The van der Waals surface area contributed by atoms with Crippen molar-refractivity contribution < 1.29 is 13.9 Å². The molecular weight excluding hydrogens is 265 g/mol. The molecule has 5 heteroatoms. The number of hydrogen-bond donors (Lipinski definition) is 0.